The number of halogens is 1. The van der Waals surface area contributed by atoms with Gasteiger partial charge in [-0.05, 0) is 50.5 Å². The molecule has 1 amide bonds. The third-order valence-corrected chi connectivity index (χ3v) is 6.99. The molecule has 5 rings (SSSR count). The van der Waals surface area contributed by atoms with Gasteiger partial charge in [0.25, 0.3) is 5.91 Å². The highest BCUT2D eigenvalue weighted by Gasteiger charge is 2.37. The molecule has 1 saturated carbocycles. The number of carbonyl (C=O) groups is 1. The molecule has 1 aromatic heterocycles. The van der Waals surface area contributed by atoms with Gasteiger partial charge in [0.15, 0.2) is 6.61 Å². The van der Waals surface area contributed by atoms with Gasteiger partial charge in [0.1, 0.15) is 5.82 Å². The SMILES string of the molecule is CS(=O)(=O)N[C@H]1CCCN2C(=O)COc3ncc(F)cc3[C@H]3CC[C@H](CC3)OC[C@@H]12. The number of pyridine rings is 1. The van der Waals surface area contributed by atoms with Crippen molar-refractivity contribution in [2.24, 2.45) is 0 Å². The first-order valence-corrected chi connectivity index (χ1v) is 12.4. The molecule has 4 aliphatic rings. The molecule has 0 unspecified atom stereocenters. The Bertz CT molecular complexity index is 888. The first kappa shape index (κ1) is 21.5. The average Bonchev–Trinajstić information content (AvgIpc) is 2.71. The lowest BCUT2D eigenvalue weighted by molar-refractivity contribution is -0.140. The first-order chi connectivity index (χ1) is 14.3. The number of ether oxygens (including phenoxy) is 2. The number of aromatic nitrogens is 1. The van der Waals surface area contributed by atoms with Crippen LogP contribution in [0.1, 0.15) is 50.0 Å². The standard InChI is InChI=1S/C20H28FN3O5S/c1-30(26,27)23-17-3-2-8-24-18(17)11-28-15-6-4-13(5-7-15)16-9-14(21)10-22-20(16)29-12-19(24)25/h9-10,13,15,17-18,23H,2-8,11-12H2,1H3/t13-,15+,17-,18-/m0/s1. The number of amides is 1. The van der Waals surface area contributed by atoms with Crippen LogP contribution in [0.5, 0.6) is 5.88 Å². The van der Waals surface area contributed by atoms with E-state index >= 15 is 0 Å². The lowest BCUT2D eigenvalue weighted by atomic mass is 9.83. The summed E-state index contributed by atoms with van der Waals surface area (Å²) in [6, 6.07) is 0.649. The number of nitrogens with zero attached hydrogens (tertiary/aromatic N) is 2. The zero-order valence-electron chi connectivity index (χ0n) is 17.0. The van der Waals surface area contributed by atoms with E-state index in [1.807, 2.05) is 0 Å². The molecule has 0 radical (unpaired) electrons. The van der Waals surface area contributed by atoms with Gasteiger partial charge in [-0.15, -0.1) is 0 Å². The maximum atomic E-state index is 13.8. The Kier molecular flexibility index (Phi) is 6.26. The monoisotopic (exact) mass is 441 g/mol. The van der Waals surface area contributed by atoms with Crippen molar-refractivity contribution in [3.8, 4) is 5.88 Å². The summed E-state index contributed by atoms with van der Waals surface area (Å²) in [5.41, 5.74) is 0.701. The molecule has 3 aliphatic heterocycles. The minimum absolute atomic E-state index is 0.0330. The Labute approximate surface area is 176 Å². The molecule has 1 aliphatic carbocycles. The molecule has 1 aromatic rings. The summed E-state index contributed by atoms with van der Waals surface area (Å²) >= 11 is 0. The number of hydrogen-bond donors (Lipinski definition) is 1. The molecule has 0 aromatic carbocycles. The Balaban J connectivity index is 1.62. The summed E-state index contributed by atoms with van der Waals surface area (Å²) in [6.45, 7) is 0.549. The van der Waals surface area contributed by atoms with Crippen molar-refractivity contribution < 1.29 is 27.1 Å². The van der Waals surface area contributed by atoms with Crippen molar-refractivity contribution in [2.75, 3.05) is 26.0 Å². The Morgan fingerprint density at radius 1 is 1.23 bits per heavy atom. The molecule has 2 fully saturated rings. The van der Waals surface area contributed by atoms with E-state index in [-0.39, 0.29) is 31.1 Å². The van der Waals surface area contributed by atoms with E-state index in [1.54, 1.807) is 4.90 Å². The molecular weight excluding hydrogens is 413 g/mol. The molecule has 1 saturated heterocycles. The van der Waals surface area contributed by atoms with Crippen LogP contribution in [-0.4, -0.2) is 68.4 Å². The predicted molar refractivity (Wildman–Crippen MR) is 107 cm³/mol. The lowest BCUT2D eigenvalue weighted by Crippen LogP contribution is -2.59. The quantitative estimate of drug-likeness (QED) is 0.748. The number of rotatable bonds is 2. The fourth-order valence-electron chi connectivity index (χ4n) is 4.83. The maximum Gasteiger partial charge on any atom is 0.260 e. The summed E-state index contributed by atoms with van der Waals surface area (Å²) in [6.07, 6.45) is 6.84. The van der Waals surface area contributed by atoms with E-state index in [9.17, 15) is 17.6 Å². The number of piperidine rings is 1. The highest BCUT2D eigenvalue weighted by Crippen LogP contribution is 2.38. The summed E-state index contributed by atoms with van der Waals surface area (Å²) in [4.78, 5) is 18.7. The van der Waals surface area contributed by atoms with Crippen LogP contribution in [0, 0.1) is 5.82 Å². The van der Waals surface area contributed by atoms with Crippen LogP contribution < -0.4 is 9.46 Å². The van der Waals surface area contributed by atoms with E-state index < -0.39 is 27.9 Å². The van der Waals surface area contributed by atoms with Gasteiger partial charge in [-0.25, -0.2) is 22.5 Å². The summed E-state index contributed by atoms with van der Waals surface area (Å²) in [5.74, 6) is -0.265. The van der Waals surface area contributed by atoms with E-state index in [2.05, 4.69) is 9.71 Å². The molecule has 2 atom stereocenters. The van der Waals surface area contributed by atoms with Gasteiger partial charge in [-0.2, -0.15) is 0 Å². The highest BCUT2D eigenvalue weighted by atomic mass is 32.2. The van der Waals surface area contributed by atoms with E-state index in [0.717, 1.165) is 38.1 Å². The Hall–Kier alpha value is -1.78. The predicted octanol–water partition coefficient (Wildman–Crippen LogP) is 1.56. The van der Waals surface area contributed by atoms with Crippen molar-refractivity contribution in [1.29, 1.82) is 0 Å². The lowest BCUT2D eigenvalue weighted by Gasteiger charge is -2.41. The van der Waals surface area contributed by atoms with Crippen molar-refractivity contribution >= 4 is 15.9 Å². The highest BCUT2D eigenvalue weighted by molar-refractivity contribution is 7.88. The van der Waals surface area contributed by atoms with Crippen LogP contribution in [0.15, 0.2) is 12.3 Å². The minimum Gasteiger partial charge on any atom is -0.467 e. The van der Waals surface area contributed by atoms with Gasteiger partial charge in [-0.3, -0.25) is 4.79 Å². The second kappa shape index (κ2) is 8.76. The van der Waals surface area contributed by atoms with Gasteiger partial charge in [0.2, 0.25) is 15.9 Å². The van der Waals surface area contributed by atoms with Crippen molar-refractivity contribution in [3.05, 3.63) is 23.6 Å². The molecule has 8 nitrogen and oxygen atoms in total. The Morgan fingerprint density at radius 3 is 2.73 bits per heavy atom. The fraction of sp³-hybridized carbons (Fsp3) is 0.700. The van der Waals surface area contributed by atoms with Crippen LogP contribution in [-0.2, 0) is 19.6 Å². The third kappa shape index (κ3) is 4.92. The molecule has 10 heteroatoms. The third-order valence-electron chi connectivity index (χ3n) is 6.26. The fourth-order valence-corrected chi connectivity index (χ4v) is 5.65. The Morgan fingerprint density at radius 2 is 2.00 bits per heavy atom. The van der Waals surface area contributed by atoms with Crippen LogP contribution in [0.2, 0.25) is 0 Å². The zero-order chi connectivity index (χ0) is 21.3. The topological polar surface area (TPSA) is 97.8 Å². The first-order valence-electron chi connectivity index (χ1n) is 10.5. The van der Waals surface area contributed by atoms with Gasteiger partial charge in [0, 0.05) is 18.2 Å². The van der Waals surface area contributed by atoms with Crippen molar-refractivity contribution in [2.45, 2.75) is 62.6 Å². The molecular formula is C20H28FN3O5S. The van der Waals surface area contributed by atoms with Gasteiger partial charge < -0.3 is 14.4 Å². The average molecular weight is 442 g/mol. The summed E-state index contributed by atoms with van der Waals surface area (Å²) < 4.78 is 52.1. The smallest absolute Gasteiger partial charge is 0.260 e. The molecule has 2 bridgehead atoms. The second-order valence-electron chi connectivity index (χ2n) is 8.44. The molecule has 4 heterocycles. The van der Waals surface area contributed by atoms with E-state index in [0.29, 0.717) is 30.8 Å². The van der Waals surface area contributed by atoms with Crippen LogP contribution in [0.4, 0.5) is 4.39 Å². The normalized spacial score (nSPS) is 30.3. The van der Waals surface area contributed by atoms with Gasteiger partial charge in [0.05, 0.1) is 31.2 Å². The van der Waals surface area contributed by atoms with Crippen LogP contribution >= 0.6 is 0 Å². The molecule has 0 spiro atoms. The van der Waals surface area contributed by atoms with E-state index in [4.69, 9.17) is 9.47 Å². The van der Waals surface area contributed by atoms with Crippen molar-refractivity contribution in [3.63, 3.8) is 0 Å². The largest absolute Gasteiger partial charge is 0.467 e. The number of fused-ring (bicyclic) bond motifs is 5. The van der Waals surface area contributed by atoms with Crippen LogP contribution in [0.3, 0.4) is 0 Å². The number of nitrogens with one attached hydrogen (secondary N) is 1. The number of hydrogen-bond acceptors (Lipinski definition) is 6. The van der Waals surface area contributed by atoms with E-state index in [1.165, 1.54) is 6.07 Å². The zero-order valence-corrected chi connectivity index (χ0v) is 17.9. The molecule has 166 valence electrons. The summed E-state index contributed by atoms with van der Waals surface area (Å²) in [5, 5.41) is 0. The molecule has 1 N–H and O–H groups in total. The van der Waals surface area contributed by atoms with Crippen LogP contribution in [0.25, 0.3) is 0 Å². The summed E-state index contributed by atoms with van der Waals surface area (Å²) in [7, 11) is -3.42. The molecule has 30 heavy (non-hydrogen) atoms. The minimum atomic E-state index is -3.42. The second-order valence-corrected chi connectivity index (χ2v) is 10.2. The maximum absolute atomic E-state index is 13.8. The number of sulfonamides is 1. The number of carbonyl (C=O) groups excluding carboxylic acids is 1. The van der Waals surface area contributed by atoms with Gasteiger partial charge >= 0.3 is 0 Å². The van der Waals surface area contributed by atoms with Gasteiger partial charge in [-0.1, -0.05) is 0 Å². The van der Waals surface area contributed by atoms with Crippen molar-refractivity contribution in [1.82, 2.24) is 14.6 Å².